The Morgan fingerprint density at radius 2 is 1.90 bits per heavy atom. The molecule has 1 fully saturated rings. The lowest BCUT2D eigenvalue weighted by molar-refractivity contribution is -0.156. The van der Waals surface area contributed by atoms with Crippen molar-refractivity contribution in [2.45, 2.75) is 77.2 Å². The summed E-state index contributed by atoms with van der Waals surface area (Å²) in [5.74, 6) is -0.391. The maximum atomic E-state index is 14.0. The number of aromatic nitrogens is 3. The number of rotatable bonds is 10. The van der Waals surface area contributed by atoms with Crippen LogP contribution < -0.4 is 16.2 Å². The molecule has 0 radical (unpaired) electrons. The minimum atomic E-state index is -0.666. The van der Waals surface area contributed by atoms with Gasteiger partial charge in [0.05, 0.1) is 17.3 Å². The zero-order valence-corrected chi connectivity index (χ0v) is 26.0. The minimum absolute atomic E-state index is 0.0885. The zero-order valence-electron chi connectivity index (χ0n) is 24.4. The number of pyridine rings is 1. The molecule has 42 heavy (non-hydrogen) atoms. The molecule has 0 bridgehead atoms. The van der Waals surface area contributed by atoms with E-state index in [1.54, 1.807) is 25.4 Å². The third-order valence-corrected chi connectivity index (χ3v) is 7.95. The molecule has 1 aromatic carbocycles. The smallest absolute Gasteiger partial charge is 0.323 e. The number of halogens is 3. The lowest BCUT2D eigenvalue weighted by atomic mass is 10.0. The normalized spacial score (nSPS) is 16.3. The van der Waals surface area contributed by atoms with E-state index < -0.39 is 23.6 Å². The van der Waals surface area contributed by atoms with E-state index in [1.165, 1.54) is 12.1 Å². The number of nitrogen functional groups attached to an aromatic ring is 1. The molecule has 4 rings (SSSR count). The molecule has 1 unspecified atom stereocenters. The fourth-order valence-corrected chi connectivity index (χ4v) is 5.67. The molecule has 4 N–H and O–H groups in total. The first-order valence-electron chi connectivity index (χ1n) is 14.1. The van der Waals surface area contributed by atoms with Crippen molar-refractivity contribution in [1.82, 2.24) is 19.7 Å². The van der Waals surface area contributed by atoms with Gasteiger partial charge in [-0.15, -0.1) is 0 Å². The molecule has 9 nitrogen and oxygen atoms in total. The van der Waals surface area contributed by atoms with Crippen molar-refractivity contribution in [3.8, 4) is 16.9 Å². The van der Waals surface area contributed by atoms with Crippen LogP contribution in [0.5, 0.6) is 5.75 Å². The molecule has 3 aromatic rings. The molecule has 0 saturated carbocycles. The number of ether oxygens (including phenoxy) is 2. The lowest BCUT2D eigenvalue weighted by Gasteiger charge is -2.32. The molecular formula is C30H39Cl2FN6O3. The summed E-state index contributed by atoms with van der Waals surface area (Å²) in [7, 11) is 0. The second-order valence-electron chi connectivity index (χ2n) is 11.7. The number of nitrogens with two attached hydrogens (primary N) is 2. The minimum Gasteiger partial charge on any atom is -0.482 e. The van der Waals surface area contributed by atoms with E-state index in [2.05, 4.69) is 15.0 Å². The maximum Gasteiger partial charge on any atom is 0.323 e. The highest BCUT2D eigenvalue weighted by Crippen LogP contribution is 2.37. The Kier molecular flexibility index (Phi) is 10.4. The number of carbonyl (C=O) groups is 1. The number of esters is 1. The van der Waals surface area contributed by atoms with Gasteiger partial charge in [0.2, 0.25) is 0 Å². The zero-order chi connectivity index (χ0) is 30.6. The third kappa shape index (κ3) is 8.12. The maximum absolute atomic E-state index is 14.0. The summed E-state index contributed by atoms with van der Waals surface area (Å²) in [4.78, 5) is 18.8. The van der Waals surface area contributed by atoms with Gasteiger partial charge >= 0.3 is 5.97 Å². The molecule has 3 heterocycles. The molecule has 2 atom stereocenters. The van der Waals surface area contributed by atoms with Crippen molar-refractivity contribution in [2.75, 3.05) is 25.4 Å². The molecule has 0 amide bonds. The molecule has 2 aromatic heterocycles. The Hall–Kier alpha value is -2.92. The number of hydrogen-bond donors (Lipinski definition) is 2. The number of carbonyl (C=O) groups excluding carboxylic acids is 1. The molecule has 228 valence electrons. The van der Waals surface area contributed by atoms with Crippen molar-refractivity contribution in [3.05, 3.63) is 58.2 Å². The van der Waals surface area contributed by atoms with Gasteiger partial charge in [-0.1, -0.05) is 23.2 Å². The Bertz CT molecular complexity index is 1390. The van der Waals surface area contributed by atoms with Crippen LogP contribution in [-0.2, 0) is 9.53 Å². The summed E-state index contributed by atoms with van der Waals surface area (Å²) in [6.45, 7) is 10.0. The van der Waals surface area contributed by atoms with Gasteiger partial charge in [-0.05, 0) is 78.1 Å². The number of likely N-dealkylation sites (tertiary alicyclic amines) is 1. The highest BCUT2D eigenvalue weighted by molar-refractivity contribution is 6.36. The van der Waals surface area contributed by atoms with Crippen molar-refractivity contribution < 1.29 is 18.7 Å². The fourth-order valence-electron chi connectivity index (χ4n) is 5.00. The van der Waals surface area contributed by atoms with Crippen molar-refractivity contribution in [1.29, 1.82) is 0 Å². The summed E-state index contributed by atoms with van der Waals surface area (Å²) in [6.07, 6.45) is 8.15. The predicted molar refractivity (Wildman–Crippen MR) is 163 cm³/mol. The van der Waals surface area contributed by atoms with Gasteiger partial charge in [-0.25, -0.2) is 9.37 Å². The Labute approximate surface area is 256 Å². The first-order chi connectivity index (χ1) is 19.8. The van der Waals surface area contributed by atoms with Crippen LogP contribution in [0.1, 0.15) is 71.1 Å². The van der Waals surface area contributed by atoms with Crippen LogP contribution in [0.2, 0.25) is 10.0 Å². The summed E-state index contributed by atoms with van der Waals surface area (Å²) in [5, 5.41) is 4.83. The van der Waals surface area contributed by atoms with Gasteiger partial charge < -0.3 is 25.8 Å². The average Bonchev–Trinajstić information content (AvgIpc) is 3.42. The molecular weight excluding hydrogens is 582 g/mol. The Morgan fingerprint density at radius 1 is 1.19 bits per heavy atom. The van der Waals surface area contributed by atoms with E-state index >= 15 is 0 Å². The second-order valence-corrected chi connectivity index (χ2v) is 12.5. The van der Waals surface area contributed by atoms with E-state index in [0.29, 0.717) is 22.8 Å². The fraction of sp³-hybridized carbons (Fsp3) is 0.500. The lowest BCUT2D eigenvalue weighted by Crippen LogP contribution is -2.39. The van der Waals surface area contributed by atoms with Crippen molar-refractivity contribution in [2.24, 2.45) is 5.73 Å². The largest absolute Gasteiger partial charge is 0.482 e. The van der Waals surface area contributed by atoms with E-state index in [1.807, 2.05) is 31.6 Å². The van der Waals surface area contributed by atoms with Crippen LogP contribution >= 0.6 is 23.2 Å². The Morgan fingerprint density at radius 3 is 2.60 bits per heavy atom. The molecule has 1 saturated heterocycles. The van der Waals surface area contributed by atoms with E-state index in [-0.39, 0.29) is 22.9 Å². The highest BCUT2D eigenvalue weighted by atomic mass is 35.5. The predicted octanol–water partition coefficient (Wildman–Crippen LogP) is 6.20. The van der Waals surface area contributed by atoms with Crippen LogP contribution in [0, 0.1) is 5.82 Å². The van der Waals surface area contributed by atoms with E-state index in [4.69, 9.17) is 44.1 Å². The molecule has 1 aliphatic rings. The first kappa shape index (κ1) is 32.0. The summed E-state index contributed by atoms with van der Waals surface area (Å²) >= 11 is 12.4. The average molecular weight is 622 g/mol. The molecule has 1 aliphatic heterocycles. The van der Waals surface area contributed by atoms with Gasteiger partial charge in [-0.2, -0.15) is 5.10 Å². The standard InChI is InChI=1S/C30H39Cl2FN6O3/c1-18(26-22(31)7-8-23(33)27(26)32)41-25-14-19(15-36-28(25)35)20-16-37-39(17-20)21-9-12-38(13-10-21)11-5-6-24(34)29(40)42-30(2,3)4/h7-8,14-18,21,24H,5-6,9-13,34H2,1-4H3,(H2,35,36)/t18?,24-/m0/s1. The SMILES string of the molecule is CC(Oc1cc(-c2cnn(C3CCN(CCC[C@H](N)C(=O)OC(C)(C)C)CC3)c2)cnc1N)c1c(Cl)ccc(F)c1Cl. The molecule has 0 spiro atoms. The van der Waals surface area contributed by atoms with Crippen molar-refractivity contribution in [3.63, 3.8) is 0 Å². The number of nitrogens with zero attached hydrogens (tertiary/aromatic N) is 4. The summed E-state index contributed by atoms with van der Waals surface area (Å²) in [5.41, 5.74) is 13.6. The van der Waals surface area contributed by atoms with Gasteiger partial charge in [0, 0.05) is 47.2 Å². The van der Waals surface area contributed by atoms with Crippen LogP contribution in [-0.4, -0.2) is 56.9 Å². The third-order valence-electron chi connectivity index (χ3n) is 7.24. The Balaban J connectivity index is 1.32. The van der Waals surface area contributed by atoms with Gasteiger partial charge in [0.25, 0.3) is 0 Å². The molecule has 0 aliphatic carbocycles. The highest BCUT2D eigenvalue weighted by Gasteiger charge is 2.25. The van der Waals surface area contributed by atoms with Gasteiger partial charge in [0.15, 0.2) is 11.6 Å². The number of piperidine rings is 1. The van der Waals surface area contributed by atoms with Crippen molar-refractivity contribution >= 4 is 35.0 Å². The second kappa shape index (κ2) is 13.6. The number of hydrogen-bond acceptors (Lipinski definition) is 8. The summed E-state index contributed by atoms with van der Waals surface area (Å²) < 4.78 is 27.4. The monoisotopic (exact) mass is 620 g/mol. The quantitative estimate of drug-likeness (QED) is 0.203. The number of anilines is 1. The first-order valence-corrected chi connectivity index (χ1v) is 14.9. The van der Waals surface area contributed by atoms with Crippen LogP contribution in [0.15, 0.2) is 36.8 Å². The molecule has 12 heteroatoms. The number of benzene rings is 1. The van der Waals surface area contributed by atoms with E-state index in [9.17, 15) is 9.18 Å². The topological polar surface area (TPSA) is 122 Å². The van der Waals surface area contributed by atoms with Gasteiger partial charge in [-0.3, -0.25) is 9.48 Å². The van der Waals surface area contributed by atoms with E-state index in [0.717, 1.165) is 50.0 Å². The van der Waals surface area contributed by atoms with Crippen LogP contribution in [0.4, 0.5) is 10.2 Å². The summed E-state index contributed by atoms with van der Waals surface area (Å²) in [6, 6.07) is 4.11. The van der Waals surface area contributed by atoms with Crippen LogP contribution in [0.3, 0.4) is 0 Å². The van der Waals surface area contributed by atoms with Gasteiger partial charge in [0.1, 0.15) is 23.6 Å². The van der Waals surface area contributed by atoms with Crippen LogP contribution in [0.25, 0.3) is 11.1 Å².